The van der Waals surface area contributed by atoms with Crippen LogP contribution in [-0.2, 0) is 6.54 Å². The molecule has 0 fully saturated rings. The molecule has 0 aliphatic carbocycles. The number of nitrogens with zero attached hydrogens (tertiary/aromatic N) is 1. The molecular formula is C14H15N3. The topological polar surface area (TPSA) is 40.7 Å². The average molecular weight is 225 g/mol. The van der Waals surface area contributed by atoms with Gasteiger partial charge in [-0.3, -0.25) is 0 Å². The number of rotatable bonds is 3. The van der Waals surface area contributed by atoms with Gasteiger partial charge in [0.15, 0.2) is 0 Å². The molecule has 17 heavy (non-hydrogen) atoms. The molecule has 0 spiro atoms. The fraction of sp³-hybridized carbons (Fsp3) is 0.214. The largest absolute Gasteiger partial charge is 0.378 e. The van der Waals surface area contributed by atoms with Gasteiger partial charge in [-0.2, -0.15) is 0 Å². The lowest BCUT2D eigenvalue weighted by Gasteiger charge is -2.04. The number of imidazole rings is 1. The molecule has 86 valence electrons. The van der Waals surface area contributed by atoms with Gasteiger partial charge < -0.3 is 10.3 Å². The van der Waals surface area contributed by atoms with Crippen LogP contribution in [0.15, 0.2) is 24.3 Å². The molecule has 0 saturated heterocycles. The molecule has 1 heterocycles. The average Bonchev–Trinajstić information content (AvgIpc) is 2.67. The summed E-state index contributed by atoms with van der Waals surface area (Å²) < 4.78 is 0. The fourth-order valence-electron chi connectivity index (χ4n) is 1.61. The molecule has 3 nitrogen and oxygen atoms in total. The van der Waals surface area contributed by atoms with Gasteiger partial charge in [0.05, 0.1) is 12.2 Å². The first-order valence-corrected chi connectivity index (χ1v) is 5.51. The van der Waals surface area contributed by atoms with Crippen molar-refractivity contribution in [2.75, 3.05) is 5.32 Å². The molecule has 0 atom stereocenters. The van der Waals surface area contributed by atoms with Gasteiger partial charge in [0, 0.05) is 16.9 Å². The van der Waals surface area contributed by atoms with Gasteiger partial charge in [-0.15, -0.1) is 6.42 Å². The molecule has 0 aliphatic rings. The predicted octanol–water partition coefficient (Wildman–Crippen LogP) is 2.62. The molecule has 0 radical (unpaired) electrons. The molecule has 1 aromatic carbocycles. The number of terminal acetylenes is 1. The number of nitrogens with one attached hydrogen (secondary N) is 2. The summed E-state index contributed by atoms with van der Waals surface area (Å²) in [5, 5.41) is 3.29. The first-order valence-electron chi connectivity index (χ1n) is 5.51. The van der Waals surface area contributed by atoms with E-state index in [9.17, 15) is 0 Å². The SMILES string of the molecule is C#Cc1cccc(NCc2nc(C)c(C)[nH]2)c1. The van der Waals surface area contributed by atoms with Crippen molar-refractivity contribution in [3.63, 3.8) is 0 Å². The van der Waals surface area contributed by atoms with Crippen LogP contribution >= 0.6 is 0 Å². The lowest BCUT2D eigenvalue weighted by atomic mass is 10.2. The van der Waals surface area contributed by atoms with Gasteiger partial charge in [-0.1, -0.05) is 12.0 Å². The maximum Gasteiger partial charge on any atom is 0.125 e. The maximum absolute atomic E-state index is 5.35. The Balaban J connectivity index is 2.05. The van der Waals surface area contributed by atoms with E-state index in [1.807, 2.05) is 38.1 Å². The number of benzene rings is 1. The maximum atomic E-state index is 5.35. The van der Waals surface area contributed by atoms with Crippen LogP contribution < -0.4 is 5.32 Å². The number of aromatic amines is 1. The summed E-state index contributed by atoms with van der Waals surface area (Å²) in [6, 6.07) is 7.79. The zero-order valence-corrected chi connectivity index (χ0v) is 10.0. The van der Waals surface area contributed by atoms with Crippen molar-refractivity contribution < 1.29 is 0 Å². The number of H-pyrrole nitrogens is 1. The molecule has 2 rings (SSSR count). The second-order valence-electron chi connectivity index (χ2n) is 3.97. The quantitative estimate of drug-likeness (QED) is 0.788. The van der Waals surface area contributed by atoms with Crippen molar-refractivity contribution >= 4 is 5.69 Å². The van der Waals surface area contributed by atoms with Crippen LogP contribution in [0.5, 0.6) is 0 Å². The second kappa shape index (κ2) is 4.75. The van der Waals surface area contributed by atoms with Crippen molar-refractivity contribution in [1.29, 1.82) is 0 Å². The Labute approximate surface area is 101 Å². The Bertz CT molecular complexity index is 542. The van der Waals surface area contributed by atoms with E-state index in [4.69, 9.17) is 6.42 Å². The van der Waals surface area contributed by atoms with Gasteiger partial charge in [-0.05, 0) is 32.0 Å². The molecule has 0 saturated carbocycles. The Kier molecular flexibility index (Phi) is 3.15. The number of anilines is 1. The second-order valence-corrected chi connectivity index (χ2v) is 3.97. The summed E-state index contributed by atoms with van der Waals surface area (Å²) in [5.74, 6) is 3.55. The monoisotopic (exact) mass is 225 g/mol. The fourth-order valence-corrected chi connectivity index (χ4v) is 1.61. The van der Waals surface area contributed by atoms with Crippen LogP contribution in [0.3, 0.4) is 0 Å². The highest BCUT2D eigenvalue weighted by Crippen LogP contribution is 2.11. The number of aromatic nitrogens is 2. The molecule has 2 aromatic rings. The van der Waals surface area contributed by atoms with E-state index in [2.05, 4.69) is 21.2 Å². The van der Waals surface area contributed by atoms with Crippen LogP contribution in [-0.4, -0.2) is 9.97 Å². The van der Waals surface area contributed by atoms with E-state index >= 15 is 0 Å². The summed E-state index contributed by atoms with van der Waals surface area (Å²) in [7, 11) is 0. The van der Waals surface area contributed by atoms with E-state index in [1.165, 1.54) is 0 Å². The summed E-state index contributed by atoms with van der Waals surface area (Å²) in [6.07, 6.45) is 5.35. The van der Waals surface area contributed by atoms with Crippen LogP contribution in [0, 0.1) is 26.2 Å². The van der Waals surface area contributed by atoms with E-state index in [0.717, 1.165) is 28.5 Å². The zero-order valence-electron chi connectivity index (χ0n) is 10.0. The molecule has 2 N–H and O–H groups in total. The van der Waals surface area contributed by atoms with Gasteiger partial charge in [0.2, 0.25) is 0 Å². The first-order chi connectivity index (χ1) is 8.19. The minimum absolute atomic E-state index is 0.669. The normalized spacial score (nSPS) is 9.94. The summed E-state index contributed by atoms with van der Waals surface area (Å²) in [4.78, 5) is 7.64. The Hall–Kier alpha value is -2.21. The van der Waals surface area contributed by atoms with Crippen molar-refractivity contribution in [3.05, 3.63) is 47.0 Å². The molecule has 0 amide bonds. The number of hydrogen-bond acceptors (Lipinski definition) is 2. The number of hydrogen-bond donors (Lipinski definition) is 2. The minimum Gasteiger partial charge on any atom is -0.378 e. The smallest absolute Gasteiger partial charge is 0.125 e. The molecule has 0 aliphatic heterocycles. The third-order valence-corrected chi connectivity index (χ3v) is 2.67. The lowest BCUT2D eigenvalue weighted by molar-refractivity contribution is 0.987. The van der Waals surface area contributed by atoms with E-state index in [0.29, 0.717) is 6.54 Å². The van der Waals surface area contributed by atoms with Crippen molar-refractivity contribution in [3.8, 4) is 12.3 Å². The Morgan fingerprint density at radius 3 is 2.88 bits per heavy atom. The van der Waals surface area contributed by atoms with Gasteiger partial charge in [-0.25, -0.2) is 4.98 Å². The van der Waals surface area contributed by atoms with Gasteiger partial charge in [0.1, 0.15) is 5.82 Å². The number of aryl methyl sites for hydroxylation is 2. The summed E-state index contributed by atoms with van der Waals surface area (Å²) in [5.41, 5.74) is 4.03. The molecule has 0 unspecified atom stereocenters. The van der Waals surface area contributed by atoms with Crippen LogP contribution in [0.2, 0.25) is 0 Å². The first kappa shape index (κ1) is 11.3. The molecule has 1 aromatic heterocycles. The zero-order chi connectivity index (χ0) is 12.3. The molecular weight excluding hydrogens is 210 g/mol. The Morgan fingerprint density at radius 2 is 2.24 bits per heavy atom. The predicted molar refractivity (Wildman–Crippen MR) is 69.8 cm³/mol. The van der Waals surface area contributed by atoms with Crippen molar-refractivity contribution in [2.24, 2.45) is 0 Å². The van der Waals surface area contributed by atoms with Crippen molar-refractivity contribution in [2.45, 2.75) is 20.4 Å². The van der Waals surface area contributed by atoms with E-state index in [-0.39, 0.29) is 0 Å². The lowest BCUT2D eigenvalue weighted by Crippen LogP contribution is -2.01. The van der Waals surface area contributed by atoms with Crippen LogP contribution in [0.1, 0.15) is 22.8 Å². The van der Waals surface area contributed by atoms with Gasteiger partial charge in [0.25, 0.3) is 0 Å². The molecule has 3 heteroatoms. The van der Waals surface area contributed by atoms with Crippen LogP contribution in [0.25, 0.3) is 0 Å². The van der Waals surface area contributed by atoms with E-state index in [1.54, 1.807) is 0 Å². The highest BCUT2D eigenvalue weighted by molar-refractivity contribution is 5.49. The van der Waals surface area contributed by atoms with Crippen molar-refractivity contribution in [1.82, 2.24) is 9.97 Å². The highest BCUT2D eigenvalue weighted by atomic mass is 15.0. The Morgan fingerprint density at radius 1 is 1.41 bits per heavy atom. The standard InChI is InChI=1S/C14H15N3/c1-4-12-6-5-7-13(8-12)15-9-14-16-10(2)11(3)17-14/h1,5-8,15H,9H2,2-3H3,(H,16,17). The third-order valence-electron chi connectivity index (χ3n) is 2.67. The van der Waals surface area contributed by atoms with Crippen LogP contribution in [0.4, 0.5) is 5.69 Å². The highest BCUT2D eigenvalue weighted by Gasteiger charge is 2.01. The third kappa shape index (κ3) is 2.67. The molecule has 0 bridgehead atoms. The summed E-state index contributed by atoms with van der Waals surface area (Å²) in [6.45, 7) is 4.68. The van der Waals surface area contributed by atoms with E-state index < -0.39 is 0 Å². The summed E-state index contributed by atoms with van der Waals surface area (Å²) >= 11 is 0. The van der Waals surface area contributed by atoms with Gasteiger partial charge >= 0.3 is 0 Å². The minimum atomic E-state index is 0.669.